The Morgan fingerprint density at radius 3 is 0.609 bits per heavy atom. The molecule has 5 atom stereocenters. The minimum Gasteiger partial charge on any atom is -0.412 e. The summed E-state index contributed by atoms with van der Waals surface area (Å²) in [5.74, 6) is 2.69. The molecule has 0 aromatic rings. The van der Waals surface area contributed by atoms with E-state index in [9.17, 15) is 9.90 Å². The van der Waals surface area contributed by atoms with Crippen molar-refractivity contribution in [3.63, 3.8) is 0 Å². The van der Waals surface area contributed by atoms with Gasteiger partial charge in [0, 0.05) is 18.4 Å². The minimum absolute atomic E-state index is 0. The fourth-order valence-corrected chi connectivity index (χ4v) is 12.5. The smallest absolute Gasteiger partial charge is 0.160 e. The molecule has 0 heterocycles. The highest BCUT2D eigenvalue weighted by atomic mass is 16.7. The number of rotatable bonds is 71. The lowest BCUT2D eigenvalue weighted by molar-refractivity contribution is -0.184. The van der Waals surface area contributed by atoms with Crippen LogP contribution >= 0.6 is 0 Å². The fourth-order valence-electron chi connectivity index (χ4n) is 12.5. The normalized spacial score (nSPS) is 13.5. The third kappa shape index (κ3) is 77.9. The molecule has 0 aromatic carbocycles. The molecule has 3 N–H and O–H groups in total. The van der Waals surface area contributed by atoms with Gasteiger partial charge in [-0.25, -0.2) is 0 Å². The molecule has 0 radical (unpaired) electrons. The Kier molecular flexibility index (Phi) is 89.2. The largest absolute Gasteiger partial charge is 0.412 e. The summed E-state index contributed by atoms with van der Waals surface area (Å²) < 4.78 is 13.7. The Balaban J connectivity index is -0.000000887. The van der Waals surface area contributed by atoms with Crippen LogP contribution in [0.25, 0.3) is 0 Å². The van der Waals surface area contributed by atoms with E-state index in [0.29, 0.717) is 30.3 Å². The third-order valence-corrected chi connectivity index (χ3v) is 19.5. The zero-order valence-electron chi connectivity index (χ0n) is 62.2. The zero-order chi connectivity index (χ0) is 63.5. The molecule has 0 aliphatic heterocycles. The predicted octanol–water partition coefficient (Wildman–Crippen LogP) is 28.2. The van der Waals surface area contributed by atoms with Crippen LogP contribution in [0.4, 0.5) is 0 Å². The molecule has 5 heteroatoms. The van der Waals surface area contributed by atoms with Crippen molar-refractivity contribution in [1.82, 2.24) is 0 Å². The molecular weight excluding hydrogens is 1060 g/mol. The van der Waals surface area contributed by atoms with Crippen molar-refractivity contribution < 1.29 is 24.9 Å². The van der Waals surface area contributed by atoms with Gasteiger partial charge >= 0.3 is 0 Å². The van der Waals surface area contributed by atoms with E-state index < -0.39 is 0 Å². The second-order valence-electron chi connectivity index (χ2n) is 28.4. The van der Waals surface area contributed by atoms with Crippen LogP contribution in [-0.2, 0) is 14.3 Å². The Morgan fingerprint density at radius 2 is 0.460 bits per heavy atom. The molecule has 528 valence electrons. The van der Waals surface area contributed by atoms with Gasteiger partial charge in [0.25, 0.3) is 0 Å². The van der Waals surface area contributed by atoms with E-state index in [0.717, 1.165) is 32.3 Å². The van der Waals surface area contributed by atoms with Gasteiger partial charge in [0.05, 0.1) is 13.2 Å². The van der Waals surface area contributed by atoms with E-state index in [1.807, 2.05) is 13.8 Å². The zero-order valence-corrected chi connectivity index (χ0v) is 62.2. The van der Waals surface area contributed by atoms with Crippen LogP contribution in [0.3, 0.4) is 0 Å². The summed E-state index contributed by atoms with van der Waals surface area (Å²) in [6.07, 6.45) is 87.1. The van der Waals surface area contributed by atoms with Gasteiger partial charge in [0.1, 0.15) is 6.29 Å². The van der Waals surface area contributed by atoms with Crippen molar-refractivity contribution in [2.45, 2.75) is 474 Å². The summed E-state index contributed by atoms with van der Waals surface area (Å²) in [6, 6.07) is 0. The van der Waals surface area contributed by atoms with Crippen LogP contribution in [0.5, 0.6) is 0 Å². The molecule has 0 amide bonds. The summed E-state index contributed by atoms with van der Waals surface area (Å²) in [5.41, 5.74) is 0. The van der Waals surface area contributed by atoms with E-state index in [4.69, 9.17) is 9.47 Å². The summed E-state index contributed by atoms with van der Waals surface area (Å²) in [5, 5.41) is 9.57. The first-order chi connectivity index (χ1) is 42.3. The van der Waals surface area contributed by atoms with E-state index in [2.05, 4.69) is 55.4 Å². The second kappa shape index (κ2) is 83.5. The van der Waals surface area contributed by atoms with Crippen LogP contribution in [0, 0.1) is 29.6 Å². The number of unbranched alkanes of at least 4 members (excludes halogenated alkanes) is 48. The van der Waals surface area contributed by atoms with Crippen LogP contribution in [-0.4, -0.2) is 43.0 Å². The summed E-state index contributed by atoms with van der Waals surface area (Å²) >= 11 is 0. The van der Waals surface area contributed by atoms with Crippen LogP contribution in [0.1, 0.15) is 467 Å². The van der Waals surface area contributed by atoms with Gasteiger partial charge in [-0.05, 0) is 69.1 Å². The monoisotopic (exact) mass is 1240 g/mol. The maximum absolute atomic E-state index is 9.74. The average molecular weight is 1240 g/mol. The van der Waals surface area contributed by atoms with Gasteiger partial charge in [-0.15, -0.1) is 0 Å². The Bertz CT molecular complexity index is 1110. The summed E-state index contributed by atoms with van der Waals surface area (Å²) in [6.45, 7) is 24.7. The van der Waals surface area contributed by atoms with Gasteiger partial charge in [0.15, 0.2) is 6.29 Å². The SMILES string of the molecule is CCC(C)C=O.CCCCCCCCCCCCC(CCCCCCCCCC)COC(OCC(CCCCCCCCCC)CCCCCCCCCCCC)C(C)CC.CCCCCCCCCCCCC(CO)CCCCCCCCCC.O. The van der Waals surface area contributed by atoms with E-state index in [1.54, 1.807) is 0 Å². The van der Waals surface area contributed by atoms with Gasteiger partial charge < -0.3 is 24.9 Å². The lowest BCUT2D eigenvalue weighted by Gasteiger charge is -2.28. The number of hydrogen-bond acceptors (Lipinski definition) is 4. The first-order valence-corrected chi connectivity index (χ1v) is 40.6. The molecule has 0 saturated heterocycles. The maximum atomic E-state index is 9.74. The lowest BCUT2D eigenvalue weighted by atomic mass is 9.94. The molecule has 0 aliphatic rings. The quantitative estimate of drug-likeness (QED) is 0.0373. The molecule has 5 unspecified atom stereocenters. The van der Waals surface area contributed by atoms with Crippen LogP contribution in [0.2, 0.25) is 0 Å². The summed E-state index contributed by atoms with van der Waals surface area (Å²) in [7, 11) is 0. The number of hydrogen-bond donors (Lipinski definition) is 1. The highest BCUT2D eigenvalue weighted by molar-refractivity contribution is 5.52. The van der Waals surface area contributed by atoms with Crippen molar-refractivity contribution in [2.75, 3.05) is 19.8 Å². The van der Waals surface area contributed by atoms with Gasteiger partial charge in [-0.1, -0.05) is 416 Å². The van der Waals surface area contributed by atoms with Crippen molar-refractivity contribution in [1.29, 1.82) is 0 Å². The Morgan fingerprint density at radius 1 is 0.276 bits per heavy atom. The van der Waals surface area contributed by atoms with E-state index in [1.165, 1.54) is 385 Å². The number of aliphatic hydroxyl groups excluding tert-OH is 1. The van der Waals surface area contributed by atoms with Crippen molar-refractivity contribution in [2.24, 2.45) is 29.6 Å². The summed E-state index contributed by atoms with van der Waals surface area (Å²) in [4.78, 5) is 9.74. The highest BCUT2D eigenvalue weighted by Crippen LogP contribution is 2.27. The maximum Gasteiger partial charge on any atom is 0.160 e. The molecule has 0 spiro atoms. The number of carbonyl (C=O) groups is 1. The third-order valence-electron chi connectivity index (χ3n) is 19.5. The van der Waals surface area contributed by atoms with Gasteiger partial charge in [0.2, 0.25) is 0 Å². The topological polar surface area (TPSA) is 87.3 Å². The van der Waals surface area contributed by atoms with E-state index >= 15 is 0 Å². The Labute approximate surface area is 551 Å². The minimum atomic E-state index is -0.0347. The molecule has 0 rings (SSSR count). The molecule has 87 heavy (non-hydrogen) atoms. The standard InChI is InChI=1S/C53H108O2.C24H50O.C5H10O.H2O/c1-7-12-16-20-24-28-30-34-38-42-46-51(44-40-36-32-26-22-18-14-9-3)48-54-53(50(6)11-5)55-49-52(45-41-37-33-27-23-19-15-10-4)47-43-39-35-31-29-25-21-17-13-8-2;1-3-5-7-9-11-13-14-16-18-20-22-24(23-25)21-19-17-15-12-10-8-6-4-2;1-3-5(2)4-6;/h50-53H,7-49H2,1-6H3;24-25H,3-23H2,1-2H3;4-5H,3H2,1-2H3;1H2. The predicted molar refractivity (Wildman–Crippen MR) is 393 cm³/mol. The van der Waals surface area contributed by atoms with Gasteiger partial charge in [-0.3, -0.25) is 0 Å². The Hall–Kier alpha value is -0.490. The average Bonchev–Trinajstić information content (AvgIpc) is 3.67. The molecule has 0 saturated carbocycles. The van der Waals surface area contributed by atoms with E-state index in [-0.39, 0.29) is 17.7 Å². The van der Waals surface area contributed by atoms with Crippen molar-refractivity contribution in [3.8, 4) is 0 Å². The van der Waals surface area contributed by atoms with Crippen LogP contribution < -0.4 is 0 Å². The number of ether oxygens (including phenoxy) is 2. The second-order valence-corrected chi connectivity index (χ2v) is 28.4. The number of aliphatic hydroxyl groups is 1. The first kappa shape index (κ1) is 92.9. The number of carbonyl (C=O) groups excluding carboxylic acids is 1. The molecule has 0 aromatic heterocycles. The molecule has 0 fully saturated rings. The van der Waals surface area contributed by atoms with Crippen molar-refractivity contribution >= 4 is 6.29 Å². The lowest BCUT2D eigenvalue weighted by Crippen LogP contribution is -2.30. The fraction of sp³-hybridized carbons (Fsp3) is 0.988. The van der Waals surface area contributed by atoms with Crippen molar-refractivity contribution in [3.05, 3.63) is 0 Å². The molecular formula is C82H170O5. The molecule has 0 aliphatic carbocycles. The number of aldehydes is 1. The highest BCUT2D eigenvalue weighted by Gasteiger charge is 2.22. The molecule has 5 nitrogen and oxygen atoms in total. The molecule has 0 bridgehead atoms. The first-order valence-electron chi connectivity index (χ1n) is 40.6. The van der Waals surface area contributed by atoms with Gasteiger partial charge in [-0.2, -0.15) is 0 Å². The van der Waals surface area contributed by atoms with Crippen LogP contribution in [0.15, 0.2) is 0 Å².